The summed E-state index contributed by atoms with van der Waals surface area (Å²) in [6.07, 6.45) is 0. The number of hydrogen-bond donors (Lipinski definition) is 0. The molecule has 5 heteroatoms. The summed E-state index contributed by atoms with van der Waals surface area (Å²) in [7, 11) is 0. The van der Waals surface area contributed by atoms with E-state index in [2.05, 4.69) is 0 Å². The van der Waals surface area contributed by atoms with Gasteiger partial charge in [0.1, 0.15) is 12.2 Å². The lowest BCUT2D eigenvalue weighted by molar-refractivity contribution is 0.0436. The van der Waals surface area contributed by atoms with Crippen molar-refractivity contribution in [3.63, 3.8) is 0 Å². The number of rotatable bonds is 3. The molecule has 0 aliphatic rings. The van der Waals surface area contributed by atoms with Crippen LogP contribution >= 0.6 is 11.6 Å². The summed E-state index contributed by atoms with van der Waals surface area (Å²) in [5, 5.41) is 1.03. The second-order valence-corrected chi connectivity index (χ2v) is 5.11. The lowest BCUT2D eigenvalue weighted by atomic mass is 10.2. The van der Waals surface area contributed by atoms with Gasteiger partial charge in [0.2, 0.25) is 5.76 Å². The number of benzene rings is 2. The van der Waals surface area contributed by atoms with Crippen LogP contribution in [0.15, 0.2) is 63.8 Å². The minimum Gasteiger partial charge on any atom is -0.455 e. The Bertz CT molecular complexity index is 881. The maximum atomic E-state index is 12.0. The molecule has 3 aromatic rings. The van der Waals surface area contributed by atoms with E-state index in [0.717, 1.165) is 11.6 Å². The van der Waals surface area contributed by atoms with Gasteiger partial charge in [-0.25, -0.2) is 4.79 Å². The summed E-state index contributed by atoms with van der Waals surface area (Å²) < 4.78 is 10.6. The monoisotopic (exact) mass is 314 g/mol. The minimum absolute atomic E-state index is 0.0759. The first-order chi connectivity index (χ1) is 10.6. The van der Waals surface area contributed by atoms with E-state index in [4.69, 9.17) is 20.8 Å². The second kappa shape index (κ2) is 6.03. The molecule has 110 valence electrons. The van der Waals surface area contributed by atoms with Gasteiger partial charge in [0.05, 0.1) is 5.39 Å². The molecule has 0 aliphatic carbocycles. The third kappa shape index (κ3) is 3.02. The van der Waals surface area contributed by atoms with Crippen LogP contribution in [0, 0.1) is 0 Å². The number of para-hydroxylation sites is 1. The van der Waals surface area contributed by atoms with Gasteiger partial charge in [-0.05, 0) is 29.8 Å². The van der Waals surface area contributed by atoms with E-state index in [-0.39, 0.29) is 17.8 Å². The van der Waals surface area contributed by atoms with Crippen molar-refractivity contribution in [1.29, 1.82) is 0 Å². The van der Waals surface area contributed by atoms with E-state index in [1.54, 1.807) is 48.5 Å². The lowest BCUT2D eigenvalue weighted by Gasteiger charge is -2.05. The third-order valence-corrected chi connectivity index (χ3v) is 3.37. The Balaban J connectivity index is 1.80. The van der Waals surface area contributed by atoms with Crippen LogP contribution in [0.2, 0.25) is 5.02 Å². The molecular formula is C17H11ClO4. The van der Waals surface area contributed by atoms with Gasteiger partial charge in [0.25, 0.3) is 0 Å². The number of carbonyl (C=O) groups excluding carboxylic acids is 1. The zero-order valence-corrected chi connectivity index (χ0v) is 12.2. The summed E-state index contributed by atoms with van der Waals surface area (Å²) >= 11 is 5.79. The summed E-state index contributed by atoms with van der Waals surface area (Å²) in [5.74, 6) is -0.796. The molecule has 4 nitrogen and oxygen atoms in total. The minimum atomic E-state index is -0.683. The molecule has 1 aromatic heterocycles. The highest BCUT2D eigenvalue weighted by Gasteiger charge is 2.13. The molecule has 0 atom stereocenters. The molecule has 1 heterocycles. The Kier molecular flexibility index (Phi) is 3.94. The predicted molar refractivity (Wildman–Crippen MR) is 83.1 cm³/mol. The standard InChI is InChI=1S/C17H11ClO4/c18-12-7-5-11(6-8-12)10-21-17(20)16-9-14(19)13-3-1-2-4-15(13)22-16/h1-9H,10H2. The van der Waals surface area contributed by atoms with Crippen LogP contribution in [0.5, 0.6) is 0 Å². The smallest absolute Gasteiger partial charge is 0.374 e. The SMILES string of the molecule is O=C(OCc1ccc(Cl)cc1)c1cc(=O)c2ccccc2o1. The molecule has 0 aliphatic heterocycles. The largest absolute Gasteiger partial charge is 0.455 e. The topological polar surface area (TPSA) is 56.5 Å². The maximum Gasteiger partial charge on any atom is 0.374 e. The van der Waals surface area contributed by atoms with Crippen molar-refractivity contribution in [3.8, 4) is 0 Å². The molecular weight excluding hydrogens is 304 g/mol. The molecule has 0 saturated heterocycles. The normalized spacial score (nSPS) is 10.6. The summed E-state index contributed by atoms with van der Waals surface area (Å²) in [5.41, 5.74) is 0.870. The predicted octanol–water partition coefficient (Wildman–Crippen LogP) is 3.80. The molecule has 0 bridgehead atoms. The van der Waals surface area contributed by atoms with Crippen LogP contribution in [-0.4, -0.2) is 5.97 Å². The van der Waals surface area contributed by atoms with E-state index in [1.807, 2.05) is 0 Å². The van der Waals surface area contributed by atoms with Gasteiger partial charge < -0.3 is 9.15 Å². The van der Waals surface area contributed by atoms with Crippen molar-refractivity contribution in [2.75, 3.05) is 0 Å². The van der Waals surface area contributed by atoms with Gasteiger partial charge >= 0.3 is 5.97 Å². The highest BCUT2D eigenvalue weighted by molar-refractivity contribution is 6.30. The second-order valence-electron chi connectivity index (χ2n) is 4.67. The Morgan fingerprint density at radius 1 is 1.09 bits per heavy atom. The molecule has 0 N–H and O–H groups in total. The quantitative estimate of drug-likeness (QED) is 0.690. The van der Waals surface area contributed by atoms with Gasteiger partial charge in [0.15, 0.2) is 5.43 Å². The first kappa shape index (κ1) is 14.4. The molecule has 0 amide bonds. The zero-order valence-electron chi connectivity index (χ0n) is 11.4. The Morgan fingerprint density at radius 2 is 1.82 bits per heavy atom. The zero-order chi connectivity index (χ0) is 15.5. The molecule has 22 heavy (non-hydrogen) atoms. The lowest BCUT2D eigenvalue weighted by Crippen LogP contribution is -2.10. The molecule has 3 rings (SSSR count). The fourth-order valence-electron chi connectivity index (χ4n) is 2.01. The van der Waals surface area contributed by atoms with Crippen molar-refractivity contribution in [2.45, 2.75) is 6.61 Å². The van der Waals surface area contributed by atoms with Gasteiger partial charge in [-0.3, -0.25) is 4.79 Å². The van der Waals surface area contributed by atoms with Crippen LogP contribution in [0.25, 0.3) is 11.0 Å². The van der Waals surface area contributed by atoms with Crippen LogP contribution in [-0.2, 0) is 11.3 Å². The van der Waals surface area contributed by atoms with E-state index in [0.29, 0.717) is 16.0 Å². The Labute approximate surface area is 130 Å². The van der Waals surface area contributed by atoms with Crippen molar-refractivity contribution in [1.82, 2.24) is 0 Å². The van der Waals surface area contributed by atoms with E-state index >= 15 is 0 Å². The van der Waals surface area contributed by atoms with Crippen molar-refractivity contribution in [2.24, 2.45) is 0 Å². The third-order valence-electron chi connectivity index (χ3n) is 3.12. The van der Waals surface area contributed by atoms with Gasteiger partial charge in [-0.15, -0.1) is 0 Å². The number of halogens is 1. The van der Waals surface area contributed by atoms with Crippen LogP contribution < -0.4 is 5.43 Å². The fraction of sp³-hybridized carbons (Fsp3) is 0.0588. The summed E-state index contributed by atoms with van der Waals surface area (Å²) in [6, 6.07) is 14.8. The van der Waals surface area contributed by atoms with Crippen LogP contribution in [0.1, 0.15) is 16.1 Å². The van der Waals surface area contributed by atoms with Gasteiger partial charge in [0, 0.05) is 11.1 Å². The summed E-state index contributed by atoms with van der Waals surface area (Å²) in [6.45, 7) is 0.0759. The van der Waals surface area contributed by atoms with Crippen molar-refractivity contribution in [3.05, 3.63) is 81.2 Å². The number of esters is 1. The molecule has 0 unspecified atom stereocenters. The first-order valence-electron chi connectivity index (χ1n) is 6.58. The molecule has 0 fully saturated rings. The number of hydrogen-bond acceptors (Lipinski definition) is 4. The van der Waals surface area contributed by atoms with Crippen LogP contribution in [0.3, 0.4) is 0 Å². The van der Waals surface area contributed by atoms with Crippen LogP contribution in [0.4, 0.5) is 0 Å². The van der Waals surface area contributed by atoms with E-state index < -0.39 is 5.97 Å². The average Bonchev–Trinajstić information content (AvgIpc) is 2.54. The molecule has 0 spiro atoms. The number of ether oxygens (including phenoxy) is 1. The number of carbonyl (C=O) groups is 1. The van der Waals surface area contributed by atoms with E-state index in [1.165, 1.54) is 0 Å². The van der Waals surface area contributed by atoms with Gasteiger partial charge in [-0.1, -0.05) is 35.9 Å². The molecule has 0 saturated carbocycles. The highest BCUT2D eigenvalue weighted by Crippen LogP contribution is 2.14. The van der Waals surface area contributed by atoms with E-state index in [9.17, 15) is 9.59 Å². The van der Waals surface area contributed by atoms with Gasteiger partial charge in [-0.2, -0.15) is 0 Å². The van der Waals surface area contributed by atoms with Crippen molar-refractivity contribution < 1.29 is 13.9 Å². The average molecular weight is 315 g/mol. The molecule has 2 aromatic carbocycles. The fourth-order valence-corrected chi connectivity index (χ4v) is 2.13. The Hall–Kier alpha value is -2.59. The maximum absolute atomic E-state index is 12.0. The Morgan fingerprint density at radius 3 is 2.59 bits per heavy atom. The number of fused-ring (bicyclic) bond motifs is 1. The first-order valence-corrected chi connectivity index (χ1v) is 6.96. The summed E-state index contributed by atoms with van der Waals surface area (Å²) in [4.78, 5) is 23.9. The highest BCUT2D eigenvalue weighted by atomic mass is 35.5. The van der Waals surface area contributed by atoms with Crippen molar-refractivity contribution >= 4 is 28.5 Å². The molecule has 0 radical (unpaired) electrons.